The van der Waals surface area contributed by atoms with Crippen LogP contribution in [-0.2, 0) is 0 Å². The molecule has 15 heavy (non-hydrogen) atoms. The first-order valence-corrected chi connectivity index (χ1v) is 3.71. The lowest BCUT2D eigenvalue weighted by Crippen LogP contribution is -2.11. The van der Waals surface area contributed by atoms with Crippen molar-refractivity contribution in [2.24, 2.45) is 0 Å². The monoisotopic (exact) mass is 226 g/mol. The number of hydrogen-bond acceptors (Lipinski definition) is 0. The Labute approximate surface area is 80.8 Å². The molecule has 0 amide bonds. The first-order valence-electron chi connectivity index (χ1n) is 3.71. The van der Waals surface area contributed by atoms with Crippen molar-refractivity contribution >= 4 is 5.57 Å². The highest BCUT2D eigenvalue weighted by Crippen LogP contribution is 2.37. The fourth-order valence-electron chi connectivity index (χ4n) is 1.02. The van der Waals surface area contributed by atoms with Gasteiger partial charge in [0.15, 0.2) is 0 Å². The molecule has 0 aliphatic heterocycles. The fraction of sp³-hybridized carbons (Fsp3) is 0.111. The number of hydrogen-bond donors (Lipinski definition) is 0. The van der Waals surface area contributed by atoms with Crippen molar-refractivity contribution in [1.29, 1.82) is 0 Å². The summed E-state index contributed by atoms with van der Waals surface area (Å²) >= 11 is 0. The summed E-state index contributed by atoms with van der Waals surface area (Å²) in [7, 11) is 0. The van der Waals surface area contributed by atoms with Gasteiger partial charge in [-0.1, -0.05) is 12.1 Å². The number of rotatable bonds is 1. The molecule has 0 aliphatic carbocycles. The van der Waals surface area contributed by atoms with E-state index in [1.807, 2.05) is 0 Å². The fourth-order valence-corrected chi connectivity index (χ4v) is 1.02. The van der Waals surface area contributed by atoms with Gasteiger partial charge in [-0.25, -0.2) is 4.39 Å². The molecule has 0 aromatic heterocycles. The van der Waals surface area contributed by atoms with E-state index in [-0.39, 0.29) is 0 Å². The maximum Gasteiger partial charge on any atom is 0.422 e. The molecule has 0 saturated carbocycles. The number of halogens is 6. The Morgan fingerprint density at radius 2 is 1.67 bits per heavy atom. The zero-order chi connectivity index (χ0) is 11.6. The Bertz CT molecular complexity index is 386. The van der Waals surface area contributed by atoms with Gasteiger partial charge in [0.1, 0.15) is 11.4 Å². The minimum atomic E-state index is -5.20. The Balaban J connectivity index is 3.31. The van der Waals surface area contributed by atoms with Gasteiger partial charge in [0.2, 0.25) is 0 Å². The zero-order valence-corrected chi connectivity index (χ0v) is 7.08. The molecule has 0 nitrogen and oxygen atoms in total. The molecule has 6 heteroatoms. The summed E-state index contributed by atoms with van der Waals surface area (Å²) in [5.74, 6) is -1.00. The molecule has 0 N–H and O–H groups in total. The van der Waals surface area contributed by atoms with E-state index in [4.69, 9.17) is 0 Å². The summed E-state index contributed by atoms with van der Waals surface area (Å²) in [4.78, 5) is 0. The topological polar surface area (TPSA) is 0 Å². The van der Waals surface area contributed by atoms with Crippen molar-refractivity contribution in [1.82, 2.24) is 0 Å². The molecule has 1 aromatic rings. The maximum atomic E-state index is 12.5. The summed E-state index contributed by atoms with van der Waals surface area (Å²) in [6.45, 7) is 0. The predicted molar refractivity (Wildman–Crippen MR) is 41.6 cm³/mol. The van der Waals surface area contributed by atoms with Crippen molar-refractivity contribution in [3.8, 4) is 0 Å². The maximum absolute atomic E-state index is 12.5. The molecule has 0 spiro atoms. The molecule has 0 heterocycles. The van der Waals surface area contributed by atoms with Crippen LogP contribution in [-0.4, -0.2) is 6.18 Å². The summed E-state index contributed by atoms with van der Waals surface area (Å²) in [6, 6.07) is 2.97. The van der Waals surface area contributed by atoms with Gasteiger partial charge in [-0.2, -0.15) is 22.0 Å². The molecule has 0 atom stereocenters. The molecule has 0 bridgehead atoms. The van der Waals surface area contributed by atoms with Crippen molar-refractivity contribution in [2.45, 2.75) is 6.18 Å². The van der Waals surface area contributed by atoms with E-state index in [9.17, 15) is 26.3 Å². The second-order valence-corrected chi connectivity index (χ2v) is 2.64. The largest absolute Gasteiger partial charge is 0.422 e. The van der Waals surface area contributed by atoms with E-state index >= 15 is 0 Å². The minimum absolute atomic E-state index is 0.405. The van der Waals surface area contributed by atoms with Gasteiger partial charge >= 0.3 is 6.18 Å². The Hall–Kier alpha value is -1.46. The van der Waals surface area contributed by atoms with Crippen molar-refractivity contribution in [2.75, 3.05) is 0 Å². The minimum Gasteiger partial charge on any atom is -0.207 e. The molecule has 82 valence electrons. The third-order valence-corrected chi connectivity index (χ3v) is 1.59. The van der Waals surface area contributed by atoms with Gasteiger partial charge in [0.25, 0.3) is 6.08 Å². The lowest BCUT2D eigenvalue weighted by atomic mass is 10.1. The van der Waals surface area contributed by atoms with Crippen LogP contribution in [0.3, 0.4) is 0 Å². The second kappa shape index (κ2) is 3.96. The molecule has 0 radical (unpaired) electrons. The van der Waals surface area contributed by atoms with Crippen LogP contribution < -0.4 is 0 Å². The normalized spacial score (nSPS) is 11.3. The van der Waals surface area contributed by atoms with Gasteiger partial charge in [-0.05, 0) is 17.7 Å². The van der Waals surface area contributed by atoms with Gasteiger partial charge in [-0.15, -0.1) is 0 Å². The zero-order valence-electron chi connectivity index (χ0n) is 7.08. The molecule has 0 saturated heterocycles. The molecule has 1 rings (SSSR count). The summed E-state index contributed by atoms with van der Waals surface area (Å²) in [6.07, 6.45) is -8.08. The van der Waals surface area contributed by atoms with Gasteiger partial charge in [0.05, 0.1) is 0 Å². The average Bonchev–Trinajstić information content (AvgIpc) is 1.99. The van der Waals surface area contributed by atoms with E-state index in [0.717, 1.165) is 18.2 Å². The van der Waals surface area contributed by atoms with E-state index in [1.54, 1.807) is 0 Å². The van der Waals surface area contributed by atoms with Crippen LogP contribution in [0.1, 0.15) is 5.56 Å². The van der Waals surface area contributed by atoms with Crippen LogP contribution in [0, 0.1) is 5.82 Å². The van der Waals surface area contributed by atoms with Crippen LogP contribution in [0.2, 0.25) is 0 Å². The number of benzene rings is 1. The smallest absolute Gasteiger partial charge is 0.207 e. The Morgan fingerprint density at radius 3 is 2.07 bits per heavy atom. The van der Waals surface area contributed by atoms with Crippen LogP contribution in [0.4, 0.5) is 26.3 Å². The lowest BCUT2D eigenvalue weighted by molar-refractivity contribution is -0.0711. The van der Waals surface area contributed by atoms with Crippen LogP contribution in [0.25, 0.3) is 5.57 Å². The molecule has 0 aliphatic rings. The lowest BCUT2D eigenvalue weighted by Gasteiger charge is -2.10. The Morgan fingerprint density at radius 1 is 1.07 bits per heavy atom. The quantitative estimate of drug-likeness (QED) is 0.635. The first-order chi connectivity index (χ1) is 6.82. The molecule has 0 unspecified atom stereocenters. The number of allylic oxidation sites excluding steroid dienone is 1. The van der Waals surface area contributed by atoms with E-state index in [0.29, 0.717) is 6.07 Å². The molecular formula is C9H4F6. The van der Waals surface area contributed by atoms with E-state index in [1.165, 1.54) is 0 Å². The molecular weight excluding hydrogens is 222 g/mol. The first kappa shape index (κ1) is 11.6. The summed E-state index contributed by atoms with van der Waals surface area (Å²) in [5.41, 5.74) is -3.00. The van der Waals surface area contributed by atoms with Crippen molar-refractivity contribution in [3.05, 3.63) is 41.7 Å². The molecule has 0 fully saturated rings. The van der Waals surface area contributed by atoms with Crippen LogP contribution >= 0.6 is 0 Å². The highest BCUT2D eigenvalue weighted by atomic mass is 19.4. The summed E-state index contributed by atoms with van der Waals surface area (Å²) < 4.78 is 73.0. The predicted octanol–water partition coefficient (Wildman–Crippen LogP) is 4.00. The third-order valence-electron chi connectivity index (χ3n) is 1.59. The van der Waals surface area contributed by atoms with Crippen LogP contribution in [0.5, 0.6) is 0 Å². The SMILES string of the molecule is FC(F)=C(c1cccc(F)c1)C(F)(F)F. The Kier molecular flexibility index (Phi) is 3.06. The van der Waals surface area contributed by atoms with Crippen LogP contribution in [0.15, 0.2) is 30.3 Å². The second-order valence-electron chi connectivity index (χ2n) is 2.64. The molecule has 1 aromatic carbocycles. The summed E-state index contributed by atoms with van der Waals surface area (Å²) in [5, 5.41) is 0. The average molecular weight is 226 g/mol. The number of alkyl halides is 3. The van der Waals surface area contributed by atoms with Gasteiger partial charge in [-0.3, -0.25) is 0 Å². The highest BCUT2D eigenvalue weighted by Gasteiger charge is 2.38. The van der Waals surface area contributed by atoms with E-state index in [2.05, 4.69) is 0 Å². The van der Waals surface area contributed by atoms with E-state index < -0.39 is 29.2 Å². The van der Waals surface area contributed by atoms with Gasteiger partial charge in [0, 0.05) is 0 Å². The third kappa shape index (κ3) is 2.74. The van der Waals surface area contributed by atoms with Crippen molar-refractivity contribution in [3.63, 3.8) is 0 Å². The van der Waals surface area contributed by atoms with Gasteiger partial charge < -0.3 is 0 Å². The standard InChI is InChI=1S/C9H4F6/c10-6-3-1-2-5(4-6)7(8(11)12)9(13,14)15/h1-4H. The van der Waals surface area contributed by atoms with Crippen molar-refractivity contribution < 1.29 is 26.3 Å². The highest BCUT2D eigenvalue weighted by molar-refractivity contribution is 5.70.